The van der Waals surface area contributed by atoms with Crippen LogP contribution < -0.4 is 26.6 Å². The van der Waals surface area contributed by atoms with E-state index in [0.29, 0.717) is 23.8 Å². The van der Waals surface area contributed by atoms with Gasteiger partial charge in [0.1, 0.15) is 18.0 Å². The summed E-state index contributed by atoms with van der Waals surface area (Å²) in [4.78, 5) is 17.0. The van der Waals surface area contributed by atoms with Gasteiger partial charge in [0.2, 0.25) is 5.91 Å². The average Bonchev–Trinajstić information content (AvgIpc) is 3.17. The minimum atomic E-state index is -0.558. The lowest BCUT2D eigenvalue weighted by Crippen LogP contribution is -2.57. The molecule has 0 saturated carbocycles. The van der Waals surface area contributed by atoms with E-state index in [9.17, 15) is 9.18 Å². The van der Waals surface area contributed by atoms with Crippen molar-refractivity contribution in [2.24, 2.45) is 0 Å². The van der Waals surface area contributed by atoms with E-state index < -0.39 is 12.2 Å². The largest absolute Gasteiger partial charge is 0.368 e. The van der Waals surface area contributed by atoms with Gasteiger partial charge in [-0.2, -0.15) is 5.53 Å². The number of carbonyl (C=O) groups excluding carboxylic acids is 1. The zero-order chi connectivity index (χ0) is 19.5. The van der Waals surface area contributed by atoms with E-state index in [1.54, 1.807) is 18.2 Å². The van der Waals surface area contributed by atoms with Crippen LogP contribution in [0.5, 0.6) is 0 Å². The van der Waals surface area contributed by atoms with Gasteiger partial charge in [-0.25, -0.2) is 15.2 Å². The molecule has 1 amide bonds. The Kier molecular flexibility index (Phi) is 5.63. The van der Waals surface area contributed by atoms with Crippen LogP contribution in [0.25, 0.3) is 0 Å². The number of hydrazine groups is 2. The Morgan fingerprint density at radius 1 is 1.07 bits per heavy atom. The predicted octanol–water partition coefficient (Wildman–Crippen LogP) is 1.55. The molecule has 148 valence electrons. The van der Waals surface area contributed by atoms with E-state index in [-0.39, 0.29) is 11.7 Å². The third kappa shape index (κ3) is 4.05. The molecule has 4 N–H and O–H groups in total. The molecule has 2 fully saturated rings. The van der Waals surface area contributed by atoms with Gasteiger partial charge >= 0.3 is 0 Å². The first-order chi connectivity index (χ1) is 13.6. The molecule has 2 saturated heterocycles. The van der Waals surface area contributed by atoms with E-state index in [2.05, 4.69) is 26.6 Å². The van der Waals surface area contributed by atoms with Crippen LogP contribution in [0.3, 0.4) is 0 Å². The summed E-state index contributed by atoms with van der Waals surface area (Å²) in [5, 5.41) is 3.74. The standard InChI is InChI=1S/C19H22ClFN6O/c20-13-4-3-5-14(12-13)26-8-10-27(11-9-26)19(28)17-18(24-25-23-17)22-16-7-2-1-6-15(16)21/h1-7,12,17-18,22-25H,8-11H2. The zero-order valence-electron chi connectivity index (χ0n) is 15.2. The lowest BCUT2D eigenvalue weighted by molar-refractivity contribution is -0.133. The maximum atomic E-state index is 13.9. The summed E-state index contributed by atoms with van der Waals surface area (Å²) in [5.74, 6) is -0.408. The first kappa shape index (κ1) is 18.9. The molecule has 2 aromatic rings. The third-order valence-electron chi connectivity index (χ3n) is 5.00. The smallest absolute Gasteiger partial charge is 0.244 e. The van der Waals surface area contributed by atoms with Crippen molar-refractivity contribution < 1.29 is 9.18 Å². The van der Waals surface area contributed by atoms with E-state index in [4.69, 9.17) is 11.6 Å². The predicted molar refractivity (Wildman–Crippen MR) is 107 cm³/mol. The fourth-order valence-corrected chi connectivity index (χ4v) is 3.67. The first-order valence-electron chi connectivity index (χ1n) is 9.18. The molecule has 0 bridgehead atoms. The molecule has 2 aliphatic rings. The van der Waals surface area contributed by atoms with Gasteiger partial charge in [-0.15, -0.1) is 0 Å². The molecule has 4 rings (SSSR count). The van der Waals surface area contributed by atoms with E-state index in [1.807, 2.05) is 29.2 Å². The Morgan fingerprint density at radius 2 is 1.86 bits per heavy atom. The SMILES string of the molecule is O=C(C1NNNC1Nc1ccccc1F)N1CCN(c2cccc(Cl)c2)CC1. The molecule has 2 atom stereocenters. The van der Waals surface area contributed by atoms with Gasteiger partial charge in [-0.1, -0.05) is 29.8 Å². The average molecular weight is 405 g/mol. The van der Waals surface area contributed by atoms with Crippen molar-refractivity contribution in [1.29, 1.82) is 0 Å². The number of hydrogen-bond donors (Lipinski definition) is 4. The number of carbonyl (C=O) groups is 1. The molecular formula is C19H22ClFN6O. The Labute approximate surface area is 167 Å². The molecule has 9 heteroatoms. The summed E-state index contributed by atoms with van der Waals surface area (Å²) in [5.41, 5.74) is 10.0. The van der Waals surface area contributed by atoms with Gasteiger partial charge in [-0.3, -0.25) is 4.79 Å². The highest BCUT2D eigenvalue weighted by atomic mass is 35.5. The first-order valence-corrected chi connectivity index (χ1v) is 9.56. The van der Waals surface area contributed by atoms with Crippen molar-refractivity contribution in [3.63, 3.8) is 0 Å². The molecule has 7 nitrogen and oxygen atoms in total. The summed E-state index contributed by atoms with van der Waals surface area (Å²) in [6, 6.07) is 13.5. The number of para-hydroxylation sites is 1. The fourth-order valence-electron chi connectivity index (χ4n) is 3.49. The Balaban J connectivity index is 1.37. The second-order valence-corrected chi connectivity index (χ2v) is 7.22. The molecule has 0 radical (unpaired) electrons. The van der Waals surface area contributed by atoms with Gasteiger partial charge in [0.05, 0.1) is 5.69 Å². The zero-order valence-corrected chi connectivity index (χ0v) is 15.9. The number of nitrogens with zero attached hydrogens (tertiary/aromatic N) is 2. The lowest BCUT2D eigenvalue weighted by Gasteiger charge is -2.37. The Bertz CT molecular complexity index is 845. The maximum absolute atomic E-state index is 13.9. The minimum Gasteiger partial charge on any atom is -0.368 e. The van der Waals surface area contributed by atoms with Crippen LogP contribution in [0.15, 0.2) is 48.5 Å². The number of nitrogens with one attached hydrogen (secondary N) is 4. The van der Waals surface area contributed by atoms with Crippen LogP contribution in [0.2, 0.25) is 5.02 Å². The molecule has 2 heterocycles. The van der Waals surface area contributed by atoms with Crippen LogP contribution in [0.1, 0.15) is 0 Å². The van der Waals surface area contributed by atoms with Gasteiger partial charge in [0.15, 0.2) is 0 Å². The molecule has 2 unspecified atom stereocenters. The van der Waals surface area contributed by atoms with Crippen LogP contribution in [0.4, 0.5) is 15.8 Å². The van der Waals surface area contributed by atoms with Crippen LogP contribution in [-0.4, -0.2) is 49.2 Å². The van der Waals surface area contributed by atoms with Crippen LogP contribution >= 0.6 is 11.6 Å². The summed E-state index contributed by atoms with van der Waals surface area (Å²) in [7, 11) is 0. The van der Waals surface area contributed by atoms with Crippen molar-refractivity contribution in [2.75, 3.05) is 36.4 Å². The summed E-state index contributed by atoms with van der Waals surface area (Å²) in [6.07, 6.45) is -0.477. The number of benzene rings is 2. The van der Waals surface area contributed by atoms with Crippen molar-refractivity contribution in [3.05, 3.63) is 59.4 Å². The number of piperazine rings is 1. The number of halogens is 2. The second-order valence-electron chi connectivity index (χ2n) is 6.79. The summed E-state index contributed by atoms with van der Waals surface area (Å²) >= 11 is 6.08. The second kappa shape index (κ2) is 8.32. The normalized spacial score (nSPS) is 22.4. The highest BCUT2D eigenvalue weighted by molar-refractivity contribution is 6.30. The molecule has 0 spiro atoms. The number of hydrogen-bond acceptors (Lipinski definition) is 6. The van der Waals surface area contributed by atoms with Gasteiger partial charge in [0.25, 0.3) is 0 Å². The highest BCUT2D eigenvalue weighted by Gasteiger charge is 2.37. The van der Waals surface area contributed by atoms with E-state index in [1.165, 1.54) is 6.07 Å². The number of amides is 1. The quantitative estimate of drug-likeness (QED) is 0.620. The van der Waals surface area contributed by atoms with E-state index >= 15 is 0 Å². The summed E-state index contributed by atoms with van der Waals surface area (Å²) in [6.45, 7) is 2.67. The third-order valence-corrected chi connectivity index (χ3v) is 5.24. The van der Waals surface area contributed by atoms with Gasteiger partial charge in [0, 0.05) is 36.9 Å². The molecule has 2 aromatic carbocycles. The Morgan fingerprint density at radius 3 is 2.61 bits per heavy atom. The highest BCUT2D eigenvalue weighted by Crippen LogP contribution is 2.21. The molecule has 2 aliphatic heterocycles. The molecule has 0 aliphatic carbocycles. The van der Waals surface area contributed by atoms with Crippen molar-refractivity contribution in [2.45, 2.75) is 12.2 Å². The van der Waals surface area contributed by atoms with Crippen LogP contribution in [-0.2, 0) is 4.79 Å². The lowest BCUT2D eigenvalue weighted by atomic mass is 10.1. The molecule has 28 heavy (non-hydrogen) atoms. The summed E-state index contributed by atoms with van der Waals surface area (Å²) < 4.78 is 13.9. The fraction of sp³-hybridized carbons (Fsp3) is 0.316. The number of rotatable bonds is 4. The molecular weight excluding hydrogens is 383 g/mol. The van der Waals surface area contributed by atoms with Crippen LogP contribution in [0, 0.1) is 5.82 Å². The maximum Gasteiger partial charge on any atom is 0.244 e. The number of anilines is 2. The monoisotopic (exact) mass is 404 g/mol. The van der Waals surface area contributed by atoms with Crippen molar-refractivity contribution in [1.82, 2.24) is 21.3 Å². The van der Waals surface area contributed by atoms with E-state index in [0.717, 1.165) is 18.8 Å². The minimum absolute atomic E-state index is 0.0444. The molecule has 0 aromatic heterocycles. The van der Waals surface area contributed by atoms with Crippen molar-refractivity contribution >= 4 is 28.9 Å². The van der Waals surface area contributed by atoms with Gasteiger partial charge in [-0.05, 0) is 30.3 Å². The van der Waals surface area contributed by atoms with Crippen molar-refractivity contribution in [3.8, 4) is 0 Å². The topological polar surface area (TPSA) is 71.7 Å². The van der Waals surface area contributed by atoms with Gasteiger partial charge < -0.3 is 15.1 Å². The Hall–Kier alpha value is -2.39.